The largest absolute Gasteiger partial charge is 0.453 e. The molecular weight excluding hydrogens is 130 g/mol. The lowest BCUT2D eigenvalue weighted by atomic mass is 10.6. The van der Waals surface area contributed by atoms with Gasteiger partial charge in [0, 0.05) is 14.0 Å². The van der Waals surface area contributed by atoms with E-state index in [2.05, 4.69) is 21.9 Å². The molecule has 0 aliphatic rings. The predicted octanol–water partition coefficient (Wildman–Crippen LogP) is -0.213. The fourth-order valence-electron chi connectivity index (χ4n) is 0.324. The van der Waals surface area contributed by atoms with Gasteiger partial charge in [0.15, 0.2) is 6.61 Å². The number of carbonyl (C=O) groups excluding carboxylic acids is 1. The normalized spacial score (nSPS) is 7.80. The Morgan fingerprint density at radius 1 is 1.60 bits per heavy atom. The average molecular weight is 140 g/mol. The summed E-state index contributed by atoms with van der Waals surface area (Å²) in [6.45, 7) is 2.03. The molecule has 0 saturated heterocycles. The van der Waals surface area contributed by atoms with E-state index in [9.17, 15) is 4.79 Å². The summed E-state index contributed by atoms with van der Waals surface area (Å²) in [4.78, 5) is 10.2. The van der Waals surface area contributed by atoms with E-state index >= 15 is 0 Å². The Bertz CT molecular complexity index is 155. The van der Waals surface area contributed by atoms with Crippen LogP contribution in [0.15, 0.2) is 0 Å². The first-order valence-corrected chi connectivity index (χ1v) is 2.92. The molecule has 0 aromatic heterocycles. The molecule has 0 unspecified atom stereocenters. The average Bonchev–Trinajstić information content (AvgIpc) is 1.87. The van der Waals surface area contributed by atoms with Gasteiger partial charge in [0.05, 0.1) is 6.54 Å². The zero-order valence-electron chi connectivity index (χ0n) is 6.18. The van der Waals surface area contributed by atoms with Gasteiger partial charge < -0.3 is 4.74 Å². The summed E-state index contributed by atoms with van der Waals surface area (Å²) in [6, 6.07) is 0. The van der Waals surface area contributed by atoms with Crippen molar-refractivity contribution in [1.29, 1.82) is 0 Å². The molecule has 0 amide bonds. The topological polar surface area (TPSA) is 40.4 Å². The minimum Gasteiger partial charge on any atom is -0.453 e. The minimum atomic E-state index is -0.303. The molecule has 1 radical (unpaired) electrons. The van der Waals surface area contributed by atoms with E-state index in [1.807, 2.05) is 0 Å². The Balaban J connectivity index is 3.20. The van der Waals surface area contributed by atoms with Crippen LogP contribution in [0, 0.1) is 11.8 Å². The van der Waals surface area contributed by atoms with Gasteiger partial charge in [-0.25, -0.2) is 5.32 Å². The van der Waals surface area contributed by atoms with E-state index in [1.54, 1.807) is 7.05 Å². The first-order valence-electron chi connectivity index (χ1n) is 2.92. The SMILES string of the molecule is C[N]CC#CCOC(C)=O. The third kappa shape index (κ3) is 6.99. The van der Waals surface area contributed by atoms with Crippen molar-refractivity contribution in [3.05, 3.63) is 0 Å². The van der Waals surface area contributed by atoms with Crippen LogP contribution in [0.25, 0.3) is 0 Å². The van der Waals surface area contributed by atoms with Gasteiger partial charge in [-0.15, -0.1) is 0 Å². The van der Waals surface area contributed by atoms with Gasteiger partial charge in [0.2, 0.25) is 0 Å². The first-order chi connectivity index (χ1) is 4.77. The number of rotatable bonds is 2. The Hall–Kier alpha value is -1.01. The summed E-state index contributed by atoms with van der Waals surface area (Å²) in [6.07, 6.45) is 0. The van der Waals surface area contributed by atoms with E-state index in [-0.39, 0.29) is 12.6 Å². The van der Waals surface area contributed by atoms with E-state index in [1.165, 1.54) is 6.92 Å². The van der Waals surface area contributed by atoms with E-state index < -0.39 is 0 Å². The molecule has 0 spiro atoms. The van der Waals surface area contributed by atoms with Crippen molar-refractivity contribution in [2.45, 2.75) is 6.92 Å². The number of ether oxygens (including phenoxy) is 1. The van der Waals surface area contributed by atoms with Gasteiger partial charge in [-0.05, 0) is 0 Å². The maximum Gasteiger partial charge on any atom is 0.303 e. The van der Waals surface area contributed by atoms with Crippen LogP contribution >= 0.6 is 0 Å². The Morgan fingerprint density at radius 2 is 2.30 bits per heavy atom. The highest BCUT2D eigenvalue weighted by Gasteiger charge is 1.84. The lowest BCUT2D eigenvalue weighted by Crippen LogP contribution is -1.99. The molecule has 10 heavy (non-hydrogen) atoms. The van der Waals surface area contributed by atoms with Crippen molar-refractivity contribution >= 4 is 5.97 Å². The molecule has 0 atom stereocenters. The van der Waals surface area contributed by atoms with Crippen LogP contribution in [0.2, 0.25) is 0 Å². The summed E-state index contributed by atoms with van der Waals surface area (Å²) in [5, 5.41) is 3.74. The van der Waals surface area contributed by atoms with Crippen molar-refractivity contribution in [2.24, 2.45) is 0 Å². The van der Waals surface area contributed by atoms with Gasteiger partial charge in [-0.3, -0.25) is 4.79 Å². The van der Waals surface area contributed by atoms with Crippen molar-refractivity contribution in [2.75, 3.05) is 20.2 Å². The number of esters is 1. The van der Waals surface area contributed by atoms with Crippen LogP contribution in [-0.2, 0) is 9.53 Å². The van der Waals surface area contributed by atoms with Crippen LogP contribution in [-0.4, -0.2) is 26.2 Å². The molecule has 0 bridgehead atoms. The molecule has 0 fully saturated rings. The highest BCUT2D eigenvalue weighted by Crippen LogP contribution is 1.71. The predicted molar refractivity (Wildman–Crippen MR) is 37.3 cm³/mol. The van der Waals surface area contributed by atoms with E-state index in [4.69, 9.17) is 0 Å². The quantitative estimate of drug-likeness (QED) is 0.393. The standard InChI is InChI=1S/C7H10NO2/c1-7(9)10-6-4-3-5-8-2/h5-6H2,1-2H3. The lowest BCUT2D eigenvalue weighted by molar-refractivity contribution is -0.139. The van der Waals surface area contributed by atoms with Crippen LogP contribution in [0.1, 0.15) is 6.92 Å². The number of nitrogens with zero attached hydrogens (tertiary/aromatic N) is 1. The third-order valence-electron chi connectivity index (χ3n) is 0.710. The highest BCUT2D eigenvalue weighted by molar-refractivity contribution is 5.66. The lowest BCUT2D eigenvalue weighted by Gasteiger charge is -1.90. The van der Waals surface area contributed by atoms with Crippen molar-refractivity contribution in [3.8, 4) is 11.8 Å². The molecule has 0 aromatic rings. The highest BCUT2D eigenvalue weighted by atomic mass is 16.5. The molecule has 0 aromatic carbocycles. The van der Waals surface area contributed by atoms with Gasteiger partial charge in [-0.2, -0.15) is 0 Å². The molecule has 0 saturated carbocycles. The zero-order valence-corrected chi connectivity index (χ0v) is 6.18. The van der Waals surface area contributed by atoms with Gasteiger partial charge in [0.1, 0.15) is 0 Å². The second-order valence-electron chi connectivity index (χ2n) is 1.61. The van der Waals surface area contributed by atoms with Crippen molar-refractivity contribution < 1.29 is 9.53 Å². The van der Waals surface area contributed by atoms with Gasteiger partial charge >= 0.3 is 5.97 Å². The second-order valence-corrected chi connectivity index (χ2v) is 1.61. The number of hydrogen-bond acceptors (Lipinski definition) is 2. The molecule has 0 rings (SSSR count). The van der Waals surface area contributed by atoms with Crippen molar-refractivity contribution in [3.63, 3.8) is 0 Å². The van der Waals surface area contributed by atoms with Crippen LogP contribution < -0.4 is 5.32 Å². The molecule has 0 heterocycles. The number of carbonyl (C=O) groups is 1. The van der Waals surface area contributed by atoms with Crippen molar-refractivity contribution in [1.82, 2.24) is 5.32 Å². The van der Waals surface area contributed by atoms with E-state index in [0.29, 0.717) is 6.54 Å². The Kier molecular flexibility index (Phi) is 5.50. The van der Waals surface area contributed by atoms with E-state index in [0.717, 1.165) is 0 Å². The van der Waals surface area contributed by atoms with Crippen LogP contribution in [0.5, 0.6) is 0 Å². The van der Waals surface area contributed by atoms with Crippen LogP contribution in [0.3, 0.4) is 0 Å². The summed E-state index contributed by atoms with van der Waals surface area (Å²) < 4.78 is 4.53. The first kappa shape index (κ1) is 8.99. The maximum atomic E-state index is 10.2. The molecular formula is C7H10NO2. The molecule has 3 nitrogen and oxygen atoms in total. The molecule has 55 valence electrons. The molecule has 0 aliphatic carbocycles. The second kappa shape index (κ2) is 6.12. The summed E-state index contributed by atoms with van der Waals surface area (Å²) >= 11 is 0. The van der Waals surface area contributed by atoms with Gasteiger partial charge in [-0.1, -0.05) is 11.8 Å². The smallest absolute Gasteiger partial charge is 0.303 e. The third-order valence-corrected chi connectivity index (χ3v) is 0.710. The summed E-state index contributed by atoms with van der Waals surface area (Å²) in [5.74, 6) is 5.02. The number of hydrogen-bond donors (Lipinski definition) is 0. The molecule has 3 heteroatoms. The molecule has 0 aliphatic heterocycles. The maximum absolute atomic E-state index is 10.2. The van der Waals surface area contributed by atoms with Gasteiger partial charge in [0.25, 0.3) is 0 Å². The summed E-state index contributed by atoms with van der Waals surface area (Å²) in [7, 11) is 1.68. The Labute approximate surface area is 60.8 Å². The fourth-order valence-corrected chi connectivity index (χ4v) is 0.324. The Morgan fingerprint density at radius 3 is 2.80 bits per heavy atom. The monoisotopic (exact) mass is 140 g/mol. The van der Waals surface area contributed by atoms with Crippen LogP contribution in [0.4, 0.5) is 0 Å². The fraction of sp³-hybridized carbons (Fsp3) is 0.571. The zero-order chi connectivity index (χ0) is 7.82. The minimum absolute atomic E-state index is 0.171. The molecule has 0 N–H and O–H groups in total. The summed E-state index contributed by atoms with van der Waals surface area (Å²) in [5.41, 5.74) is 0.